The zero-order chi connectivity index (χ0) is 19.1. The third-order valence-corrected chi connectivity index (χ3v) is 4.55. The lowest BCUT2D eigenvalue weighted by molar-refractivity contribution is -0.133. The number of carbonyl (C=O) groups excluding carboxylic acids is 2. The number of amides is 2. The van der Waals surface area contributed by atoms with Gasteiger partial charge in [-0.2, -0.15) is 4.98 Å². The average Bonchev–Trinajstić information content (AvgIpc) is 2.62. The van der Waals surface area contributed by atoms with Gasteiger partial charge in [-0.15, -0.1) is 6.58 Å². The van der Waals surface area contributed by atoms with E-state index in [1.54, 1.807) is 25.1 Å². The Morgan fingerprint density at radius 1 is 1.35 bits per heavy atom. The number of primary amides is 1. The highest BCUT2D eigenvalue weighted by atomic mass is 16.2. The quantitative estimate of drug-likeness (QED) is 0.480. The topological polar surface area (TPSA) is 113 Å². The lowest BCUT2D eigenvalue weighted by atomic mass is 9.85. The zero-order valence-corrected chi connectivity index (χ0v) is 15.5. The van der Waals surface area contributed by atoms with Gasteiger partial charge in [-0.25, -0.2) is 4.98 Å². The maximum atomic E-state index is 12.1. The van der Waals surface area contributed by atoms with Crippen molar-refractivity contribution in [2.75, 3.05) is 31.3 Å². The van der Waals surface area contributed by atoms with Gasteiger partial charge in [-0.1, -0.05) is 6.08 Å². The molecule has 0 radical (unpaired) electrons. The Morgan fingerprint density at radius 3 is 2.62 bits per heavy atom. The molecule has 142 valence electrons. The molecule has 0 atom stereocenters. The fraction of sp³-hybridized carbons (Fsp3) is 0.556. The molecule has 4 N–H and O–H groups in total. The molecule has 2 rings (SSSR count). The Hall–Kier alpha value is -2.64. The van der Waals surface area contributed by atoms with Crippen LogP contribution in [0.2, 0.25) is 0 Å². The number of nitrogens with two attached hydrogens (primary N) is 1. The van der Waals surface area contributed by atoms with Crippen molar-refractivity contribution in [1.82, 2.24) is 14.9 Å². The van der Waals surface area contributed by atoms with Crippen molar-refractivity contribution in [2.45, 2.75) is 38.1 Å². The van der Waals surface area contributed by atoms with Gasteiger partial charge in [0.15, 0.2) is 0 Å². The minimum Gasteiger partial charge on any atom is -0.369 e. The number of rotatable bonds is 8. The fourth-order valence-corrected chi connectivity index (χ4v) is 3.09. The zero-order valence-electron chi connectivity index (χ0n) is 15.5. The number of nitrogens with zero attached hydrogens (tertiary/aromatic N) is 3. The molecule has 0 saturated heterocycles. The van der Waals surface area contributed by atoms with E-state index in [1.165, 1.54) is 6.20 Å². The van der Waals surface area contributed by atoms with Crippen LogP contribution in [0, 0.1) is 5.92 Å². The second-order valence-corrected chi connectivity index (χ2v) is 6.75. The van der Waals surface area contributed by atoms with E-state index in [0.29, 0.717) is 18.3 Å². The fourth-order valence-electron chi connectivity index (χ4n) is 3.09. The van der Waals surface area contributed by atoms with Gasteiger partial charge >= 0.3 is 0 Å². The molecular formula is C18H28N6O2. The first-order valence-corrected chi connectivity index (χ1v) is 8.91. The first-order chi connectivity index (χ1) is 12.4. The second kappa shape index (κ2) is 9.17. The van der Waals surface area contributed by atoms with Crippen LogP contribution in [0.5, 0.6) is 0 Å². The van der Waals surface area contributed by atoms with Crippen LogP contribution >= 0.6 is 0 Å². The van der Waals surface area contributed by atoms with Crippen LogP contribution in [0.4, 0.5) is 11.8 Å². The molecule has 2 amide bonds. The summed E-state index contributed by atoms with van der Waals surface area (Å²) in [6, 6.07) is 0.210. The smallest absolute Gasteiger partial charge is 0.254 e. The van der Waals surface area contributed by atoms with E-state index in [1.807, 2.05) is 0 Å². The Kier molecular flexibility index (Phi) is 6.94. The molecule has 1 aromatic rings. The van der Waals surface area contributed by atoms with Crippen LogP contribution in [-0.2, 0) is 4.79 Å². The number of hydrogen-bond acceptors (Lipinski definition) is 6. The standard InChI is InChI=1S/C18H28N6O2/c1-4-5-10-20-16-14(15(19)25)11-21-18(23-16)22-13-8-6-12(7-9-13)17(26)24(2)3/h4,11-13H,1,5-10H2,2-3H3,(H2,19,25)(H2,20,21,22,23)/t12-,13-. The molecule has 0 aromatic carbocycles. The average molecular weight is 360 g/mol. The number of nitrogens with one attached hydrogen (secondary N) is 2. The molecule has 0 bridgehead atoms. The minimum absolute atomic E-state index is 0.0948. The van der Waals surface area contributed by atoms with Crippen LogP contribution < -0.4 is 16.4 Å². The first kappa shape index (κ1) is 19.7. The number of anilines is 2. The summed E-state index contributed by atoms with van der Waals surface area (Å²) in [6.45, 7) is 4.28. The molecular weight excluding hydrogens is 332 g/mol. The van der Waals surface area contributed by atoms with Gasteiger partial charge in [-0.3, -0.25) is 9.59 Å². The van der Waals surface area contributed by atoms with Gasteiger partial charge in [0.05, 0.1) is 5.56 Å². The molecule has 8 nitrogen and oxygen atoms in total. The minimum atomic E-state index is -0.569. The Morgan fingerprint density at radius 2 is 2.04 bits per heavy atom. The van der Waals surface area contributed by atoms with Gasteiger partial charge < -0.3 is 21.3 Å². The van der Waals surface area contributed by atoms with Crippen molar-refractivity contribution in [3.8, 4) is 0 Å². The Bertz CT molecular complexity index is 653. The highest BCUT2D eigenvalue weighted by Gasteiger charge is 2.27. The maximum absolute atomic E-state index is 12.1. The van der Waals surface area contributed by atoms with Crippen LogP contribution in [0.15, 0.2) is 18.9 Å². The predicted molar refractivity (Wildman–Crippen MR) is 102 cm³/mol. The van der Waals surface area contributed by atoms with Crippen molar-refractivity contribution in [3.05, 3.63) is 24.4 Å². The summed E-state index contributed by atoms with van der Waals surface area (Å²) < 4.78 is 0. The van der Waals surface area contributed by atoms with Crippen molar-refractivity contribution in [3.63, 3.8) is 0 Å². The van der Waals surface area contributed by atoms with Gasteiger partial charge in [0.25, 0.3) is 5.91 Å². The molecule has 26 heavy (non-hydrogen) atoms. The van der Waals surface area contributed by atoms with Crippen molar-refractivity contribution < 1.29 is 9.59 Å². The molecule has 1 aromatic heterocycles. The molecule has 1 aliphatic carbocycles. The lowest BCUT2D eigenvalue weighted by Crippen LogP contribution is -2.35. The van der Waals surface area contributed by atoms with E-state index in [0.717, 1.165) is 32.1 Å². The number of hydrogen-bond donors (Lipinski definition) is 3. The maximum Gasteiger partial charge on any atom is 0.254 e. The van der Waals surface area contributed by atoms with Crippen LogP contribution in [0.25, 0.3) is 0 Å². The van der Waals surface area contributed by atoms with E-state index in [-0.39, 0.29) is 23.4 Å². The van der Waals surface area contributed by atoms with Crippen LogP contribution in [0.1, 0.15) is 42.5 Å². The highest BCUT2D eigenvalue weighted by Crippen LogP contribution is 2.27. The third kappa shape index (κ3) is 5.18. The van der Waals surface area contributed by atoms with E-state index in [4.69, 9.17) is 5.73 Å². The summed E-state index contributed by atoms with van der Waals surface area (Å²) in [5.74, 6) is 0.601. The first-order valence-electron chi connectivity index (χ1n) is 8.91. The van der Waals surface area contributed by atoms with E-state index in [9.17, 15) is 9.59 Å². The highest BCUT2D eigenvalue weighted by molar-refractivity contribution is 5.97. The molecule has 1 heterocycles. The Balaban J connectivity index is 1.99. The second-order valence-electron chi connectivity index (χ2n) is 6.75. The summed E-state index contributed by atoms with van der Waals surface area (Å²) in [6.07, 6.45) is 7.42. The summed E-state index contributed by atoms with van der Waals surface area (Å²) >= 11 is 0. The molecule has 8 heteroatoms. The monoisotopic (exact) mass is 360 g/mol. The molecule has 0 aliphatic heterocycles. The van der Waals surface area contributed by atoms with Crippen molar-refractivity contribution in [2.24, 2.45) is 11.7 Å². The molecule has 1 aliphatic rings. The summed E-state index contributed by atoms with van der Waals surface area (Å²) in [4.78, 5) is 33.9. The molecule has 1 saturated carbocycles. The van der Waals surface area contributed by atoms with E-state index in [2.05, 4.69) is 27.2 Å². The third-order valence-electron chi connectivity index (χ3n) is 4.55. The predicted octanol–water partition coefficient (Wildman–Crippen LogP) is 1.62. The van der Waals surface area contributed by atoms with Gasteiger partial charge in [0.2, 0.25) is 11.9 Å². The SMILES string of the molecule is C=CCCNc1nc(N[C@H]2CC[C@H](C(=O)N(C)C)CC2)ncc1C(N)=O. The van der Waals surface area contributed by atoms with Crippen molar-refractivity contribution >= 4 is 23.6 Å². The van der Waals surface area contributed by atoms with Gasteiger partial charge in [0, 0.05) is 38.8 Å². The molecule has 1 fully saturated rings. The summed E-state index contributed by atoms with van der Waals surface area (Å²) in [5, 5.41) is 6.40. The van der Waals surface area contributed by atoms with Crippen LogP contribution in [-0.4, -0.2) is 53.4 Å². The molecule has 0 unspecified atom stereocenters. The number of carbonyl (C=O) groups is 2. The largest absolute Gasteiger partial charge is 0.369 e. The van der Waals surface area contributed by atoms with Gasteiger partial charge in [0.1, 0.15) is 5.82 Å². The van der Waals surface area contributed by atoms with E-state index >= 15 is 0 Å². The Labute approximate surface area is 154 Å². The lowest BCUT2D eigenvalue weighted by Gasteiger charge is -2.30. The molecule has 0 spiro atoms. The van der Waals surface area contributed by atoms with Crippen LogP contribution in [0.3, 0.4) is 0 Å². The van der Waals surface area contributed by atoms with Crippen molar-refractivity contribution in [1.29, 1.82) is 0 Å². The summed E-state index contributed by atoms with van der Waals surface area (Å²) in [5.41, 5.74) is 5.65. The normalized spacial score (nSPS) is 19.5. The van der Waals surface area contributed by atoms with E-state index < -0.39 is 5.91 Å². The summed E-state index contributed by atoms with van der Waals surface area (Å²) in [7, 11) is 3.59. The number of aromatic nitrogens is 2. The van der Waals surface area contributed by atoms with Gasteiger partial charge in [-0.05, 0) is 32.1 Å².